The summed E-state index contributed by atoms with van der Waals surface area (Å²) in [5, 5.41) is 8.85. The van der Waals surface area contributed by atoms with Gasteiger partial charge in [-0.25, -0.2) is 8.78 Å². The lowest BCUT2D eigenvalue weighted by Crippen LogP contribution is -2.16. The standard InChI is InChI=1S/C11H13ClF2O2/c1-7-5-10(16-2)8(6-9(7)12)11(13,14)3-4-15/h5-6,15H,3-4H2,1-2H3. The minimum absolute atomic E-state index is 0.0837. The third-order valence-corrected chi connectivity index (χ3v) is 2.71. The SMILES string of the molecule is COc1cc(C)c(Cl)cc1C(F)(F)CCO. The Balaban J connectivity index is 3.26. The highest BCUT2D eigenvalue weighted by Gasteiger charge is 2.34. The van der Waals surface area contributed by atoms with E-state index >= 15 is 0 Å². The highest BCUT2D eigenvalue weighted by molar-refractivity contribution is 6.31. The zero-order valence-electron chi connectivity index (χ0n) is 9.06. The summed E-state index contributed by atoms with van der Waals surface area (Å²) < 4.78 is 32.1. The average molecular weight is 251 g/mol. The van der Waals surface area contributed by atoms with Crippen LogP contribution in [0.15, 0.2) is 12.1 Å². The normalized spacial score (nSPS) is 11.6. The van der Waals surface area contributed by atoms with Crippen molar-refractivity contribution in [2.24, 2.45) is 0 Å². The van der Waals surface area contributed by atoms with E-state index in [1.54, 1.807) is 6.92 Å². The predicted octanol–water partition coefficient (Wildman–Crippen LogP) is 3.13. The van der Waals surface area contributed by atoms with Gasteiger partial charge in [0.25, 0.3) is 5.92 Å². The number of hydrogen-bond acceptors (Lipinski definition) is 2. The Hall–Kier alpha value is -0.870. The predicted molar refractivity (Wildman–Crippen MR) is 58.3 cm³/mol. The van der Waals surface area contributed by atoms with Crippen LogP contribution in [0.3, 0.4) is 0 Å². The van der Waals surface area contributed by atoms with E-state index in [9.17, 15) is 8.78 Å². The first-order valence-electron chi connectivity index (χ1n) is 4.75. The Labute approximate surface area is 97.8 Å². The summed E-state index contributed by atoms with van der Waals surface area (Å²) in [6.45, 7) is 1.11. The monoisotopic (exact) mass is 250 g/mol. The second-order valence-electron chi connectivity index (χ2n) is 3.48. The van der Waals surface area contributed by atoms with E-state index in [0.29, 0.717) is 5.56 Å². The first kappa shape index (κ1) is 13.2. The molecule has 0 aliphatic rings. The molecule has 0 heterocycles. The van der Waals surface area contributed by atoms with Crippen LogP contribution in [0.25, 0.3) is 0 Å². The lowest BCUT2D eigenvalue weighted by molar-refractivity contribution is -0.0287. The number of aliphatic hydroxyl groups excluding tert-OH is 1. The molecule has 1 rings (SSSR count). The number of aryl methyl sites for hydroxylation is 1. The van der Waals surface area contributed by atoms with Crippen molar-refractivity contribution in [3.8, 4) is 5.75 Å². The van der Waals surface area contributed by atoms with Crippen molar-refractivity contribution in [2.45, 2.75) is 19.3 Å². The summed E-state index contributed by atoms with van der Waals surface area (Å²) in [7, 11) is 1.32. The van der Waals surface area contributed by atoms with E-state index in [1.807, 2.05) is 0 Å². The molecule has 2 nitrogen and oxygen atoms in total. The molecule has 0 saturated heterocycles. The summed E-state index contributed by atoms with van der Waals surface area (Å²) in [6.07, 6.45) is -0.650. The van der Waals surface area contributed by atoms with Gasteiger partial charge in [-0.3, -0.25) is 0 Å². The van der Waals surface area contributed by atoms with Crippen LogP contribution in [0.5, 0.6) is 5.75 Å². The van der Waals surface area contributed by atoms with E-state index < -0.39 is 19.0 Å². The molecule has 0 atom stereocenters. The lowest BCUT2D eigenvalue weighted by atomic mass is 10.0. The van der Waals surface area contributed by atoms with Gasteiger partial charge in [0.1, 0.15) is 5.75 Å². The number of halogens is 3. The second-order valence-corrected chi connectivity index (χ2v) is 3.89. The first-order chi connectivity index (χ1) is 7.42. The number of methoxy groups -OCH3 is 1. The van der Waals surface area contributed by atoms with E-state index in [1.165, 1.54) is 19.2 Å². The van der Waals surface area contributed by atoms with Crippen molar-refractivity contribution in [2.75, 3.05) is 13.7 Å². The van der Waals surface area contributed by atoms with Crippen LogP contribution in [-0.2, 0) is 5.92 Å². The summed E-state index contributed by atoms with van der Waals surface area (Å²) >= 11 is 5.80. The molecule has 0 aliphatic carbocycles. The molecule has 0 aliphatic heterocycles. The maximum atomic E-state index is 13.6. The van der Waals surface area contributed by atoms with Gasteiger partial charge in [0, 0.05) is 18.1 Å². The maximum Gasteiger partial charge on any atom is 0.279 e. The van der Waals surface area contributed by atoms with Crippen LogP contribution in [-0.4, -0.2) is 18.8 Å². The minimum atomic E-state index is -3.14. The molecule has 0 radical (unpaired) electrons. The third kappa shape index (κ3) is 2.62. The highest BCUT2D eigenvalue weighted by Crippen LogP contribution is 2.40. The highest BCUT2D eigenvalue weighted by atomic mass is 35.5. The second kappa shape index (κ2) is 4.97. The molecule has 90 valence electrons. The van der Waals surface area contributed by atoms with Crippen molar-refractivity contribution in [3.63, 3.8) is 0 Å². The number of benzene rings is 1. The molecule has 16 heavy (non-hydrogen) atoms. The Kier molecular flexibility index (Phi) is 4.10. The van der Waals surface area contributed by atoms with Gasteiger partial charge < -0.3 is 9.84 Å². The number of hydrogen-bond donors (Lipinski definition) is 1. The Morgan fingerprint density at radius 3 is 2.56 bits per heavy atom. The fraction of sp³-hybridized carbons (Fsp3) is 0.455. The molecule has 1 aromatic rings. The molecular formula is C11H13ClF2O2. The van der Waals surface area contributed by atoms with E-state index in [0.717, 1.165) is 0 Å². The van der Waals surface area contributed by atoms with Crippen LogP contribution in [0, 0.1) is 6.92 Å². The summed E-state index contributed by atoms with van der Waals surface area (Å²) in [6, 6.07) is 2.65. The Morgan fingerprint density at radius 2 is 2.06 bits per heavy atom. The lowest BCUT2D eigenvalue weighted by Gasteiger charge is -2.19. The first-order valence-corrected chi connectivity index (χ1v) is 5.13. The van der Waals surface area contributed by atoms with Gasteiger partial charge in [0.05, 0.1) is 12.7 Å². The molecule has 0 unspecified atom stereocenters. The van der Waals surface area contributed by atoms with E-state index in [-0.39, 0.29) is 16.3 Å². The summed E-state index contributed by atoms with van der Waals surface area (Å²) in [4.78, 5) is 0. The molecule has 0 spiro atoms. The number of aliphatic hydroxyl groups is 1. The maximum absolute atomic E-state index is 13.6. The van der Waals surface area contributed by atoms with Crippen molar-refractivity contribution >= 4 is 11.6 Å². The van der Waals surface area contributed by atoms with Crippen LogP contribution in [0.4, 0.5) is 8.78 Å². The summed E-state index contributed by atoms with van der Waals surface area (Å²) in [5.74, 6) is -3.06. The van der Waals surface area contributed by atoms with Crippen LogP contribution in [0.1, 0.15) is 17.5 Å². The molecule has 0 fully saturated rings. The van der Waals surface area contributed by atoms with E-state index in [4.69, 9.17) is 21.4 Å². The van der Waals surface area contributed by atoms with Crippen LogP contribution < -0.4 is 4.74 Å². The van der Waals surface area contributed by atoms with Crippen molar-refractivity contribution in [1.82, 2.24) is 0 Å². The molecule has 0 bridgehead atoms. The number of ether oxygens (including phenoxy) is 1. The van der Waals surface area contributed by atoms with Crippen molar-refractivity contribution in [3.05, 3.63) is 28.3 Å². The largest absolute Gasteiger partial charge is 0.496 e. The van der Waals surface area contributed by atoms with Crippen LogP contribution >= 0.6 is 11.6 Å². The van der Waals surface area contributed by atoms with Crippen LogP contribution in [0.2, 0.25) is 5.02 Å². The molecule has 0 amide bonds. The molecule has 1 N–H and O–H groups in total. The average Bonchev–Trinajstić information content (AvgIpc) is 2.21. The smallest absolute Gasteiger partial charge is 0.279 e. The summed E-state index contributed by atoms with van der Waals surface area (Å²) in [5.41, 5.74) is 0.377. The third-order valence-electron chi connectivity index (χ3n) is 2.30. The Morgan fingerprint density at radius 1 is 1.44 bits per heavy atom. The van der Waals surface area contributed by atoms with E-state index in [2.05, 4.69) is 0 Å². The fourth-order valence-corrected chi connectivity index (χ4v) is 1.55. The molecular weight excluding hydrogens is 238 g/mol. The topological polar surface area (TPSA) is 29.5 Å². The van der Waals surface area contributed by atoms with Gasteiger partial charge >= 0.3 is 0 Å². The minimum Gasteiger partial charge on any atom is -0.496 e. The zero-order valence-corrected chi connectivity index (χ0v) is 9.81. The number of rotatable bonds is 4. The zero-order chi connectivity index (χ0) is 12.3. The molecule has 0 saturated carbocycles. The van der Waals surface area contributed by atoms with Gasteiger partial charge in [0.2, 0.25) is 0 Å². The van der Waals surface area contributed by atoms with Gasteiger partial charge in [-0.05, 0) is 24.6 Å². The van der Waals surface area contributed by atoms with Gasteiger partial charge in [-0.2, -0.15) is 0 Å². The number of alkyl halides is 2. The Bertz CT molecular complexity index is 380. The molecule has 1 aromatic carbocycles. The van der Waals surface area contributed by atoms with Gasteiger partial charge in [0.15, 0.2) is 0 Å². The molecule has 5 heteroatoms. The van der Waals surface area contributed by atoms with Gasteiger partial charge in [-0.15, -0.1) is 0 Å². The van der Waals surface area contributed by atoms with Crippen molar-refractivity contribution in [1.29, 1.82) is 0 Å². The van der Waals surface area contributed by atoms with Crippen molar-refractivity contribution < 1.29 is 18.6 Å². The quantitative estimate of drug-likeness (QED) is 0.890. The fourth-order valence-electron chi connectivity index (χ4n) is 1.38. The molecule has 0 aromatic heterocycles. The van der Waals surface area contributed by atoms with Gasteiger partial charge in [-0.1, -0.05) is 11.6 Å².